The zero-order valence-corrected chi connectivity index (χ0v) is 16.2. The minimum Gasteiger partial charge on any atom is -0.493 e. The number of aromatic nitrogens is 1. The summed E-state index contributed by atoms with van der Waals surface area (Å²) in [5, 5.41) is 0. The van der Waals surface area contributed by atoms with Crippen LogP contribution in [-0.4, -0.2) is 36.1 Å². The van der Waals surface area contributed by atoms with Crippen LogP contribution >= 0.6 is 0 Å². The number of fused-ring (bicyclic) bond motifs is 1. The minimum absolute atomic E-state index is 0.0717. The first-order valence-corrected chi connectivity index (χ1v) is 9.41. The zero-order chi connectivity index (χ0) is 19.5. The van der Waals surface area contributed by atoms with Crippen molar-refractivity contribution in [2.75, 3.05) is 20.8 Å². The smallest absolute Gasteiger partial charge is 0.227 e. The molecule has 0 bridgehead atoms. The van der Waals surface area contributed by atoms with Gasteiger partial charge in [-0.2, -0.15) is 0 Å². The monoisotopic (exact) mass is 376 g/mol. The zero-order valence-electron chi connectivity index (χ0n) is 16.2. The number of hydrogen-bond donors (Lipinski definition) is 0. The fourth-order valence-electron chi connectivity index (χ4n) is 3.90. The van der Waals surface area contributed by atoms with Gasteiger partial charge in [0.1, 0.15) is 0 Å². The summed E-state index contributed by atoms with van der Waals surface area (Å²) >= 11 is 0. The number of carbonyl (C=O) groups excluding carboxylic acids is 1. The molecule has 28 heavy (non-hydrogen) atoms. The lowest BCUT2D eigenvalue weighted by molar-refractivity contribution is -0.133. The molecule has 0 fully saturated rings. The van der Waals surface area contributed by atoms with Crippen LogP contribution in [-0.2, 0) is 17.8 Å². The summed E-state index contributed by atoms with van der Waals surface area (Å²) in [6, 6.07) is 19.9. The molecule has 1 aliphatic heterocycles. The molecule has 3 aromatic rings. The molecule has 0 N–H and O–H groups in total. The highest BCUT2D eigenvalue weighted by molar-refractivity contribution is 5.80. The van der Waals surface area contributed by atoms with E-state index in [9.17, 15) is 4.79 Å². The molecule has 4 rings (SSSR count). The van der Waals surface area contributed by atoms with Crippen molar-refractivity contribution in [2.45, 2.75) is 19.0 Å². The van der Waals surface area contributed by atoms with Crippen molar-refractivity contribution in [2.24, 2.45) is 0 Å². The molecule has 144 valence electrons. The summed E-state index contributed by atoms with van der Waals surface area (Å²) < 4.78 is 12.9. The van der Waals surface area contributed by atoms with Crippen LogP contribution in [0, 0.1) is 0 Å². The number of ether oxygens (including phenoxy) is 2. The Morgan fingerprint density at radius 3 is 2.50 bits per heavy atom. The van der Waals surface area contributed by atoms with Crippen LogP contribution in [0.2, 0.25) is 0 Å². The molecule has 5 heteroatoms. The van der Waals surface area contributed by atoms with Gasteiger partial charge < -0.3 is 18.9 Å². The average Bonchev–Trinajstić information content (AvgIpc) is 3.22. The van der Waals surface area contributed by atoms with Crippen molar-refractivity contribution in [1.29, 1.82) is 0 Å². The van der Waals surface area contributed by atoms with Gasteiger partial charge in [0.25, 0.3) is 0 Å². The van der Waals surface area contributed by atoms with Crippen LogP contribution < -0.4 is 9.47 Å². The Hall–Kier alpha value is -3.21. The van der Waals surface area contributed by atoms with Gasteiger partial charge in [-0.1, -0.05) is 36.4 Å². The maximum absolute atomic E-state index is 13.3. The highest BCUT2D eigenvalue weighted by atomic mass is 16.5. The van der Waals surface area contributed by atoms with Gasteiger partial charge in [-0.25, -0.2) is 0 Å². The van der Waals surface area contributed by atoms with Gasteiger partial charge in [0, 0.05) is 25.0 Å². The summed E-state index contributed by atoms with van der Waals surface area (Å²) in [7, 11) is 3.21. The van der Waals surface area contributed by atoms with E-state index in [0.29, 0.717) is 24.5 Å². The first kappa shape index (κ1) is 18.2. The fraction of sp³-hybridized carbons (Fsp3) is 0.261. The molecule has 1 aliphatic rings. The van der Waals surface area contributed by atoms with Crippen molar-refractivity contribution in [3.63, 3.8) is 0 Å². The molecule has 0 aliphatic carbocycles. The minimum atomic E-state index is -0.0717. The molecule has 2 heterocycles. The van der Waals surface area contributed by atoms with Crippen molar-refractivity contribution in [1.82, 2.24) is 9.47 Å². The van der Waals surface area contributed by atoms with Crippen molar-refractivity contribution < 1.29 is 14.3 Å². The Morgan fingerprint density at radius 2 is 1.75 bits per heavy atom. The second-order valence-electron chi connectivity index (χ2n) is 6.89. The van der Waals surface area contributed by atoms with E-state index in [1.165, 1.54) is 0 Å². The summed E-state index contributed by atoms with van der Waals surface area (Å²) in [5.74, 6) is 1.41. The highest BCUT2D eigenvalue weighted by Gasteiger charge is 2.31. The Kier molecular flexibility index (Phi) is 5.06. The molecule has 1 amide bonds. The molecule has 0 saturated carbocycles. The van der Waals surface area contributed by atoms with Gasteiger partial charge in [0.05, 0.1) is 26.7 Å². The first-order valence-electron chi connectivity index (χ1n) is 9.41. The second kappa shape index (κ2) is 7.80. The summed E-state index contributed by atoms with van der Waals surface area (Å²) in [4.78, 5) is 15.3. The largest absolute Gasteiger partial charge is 0.493 e. The number of amides is 1. The molecule has 0 radical (unpaired) electrons. The quantitative estimate of drug-likeness (QED) is 0.682. The average molecular weight is 376 g/mol. The van der Waals surface area contributed by atoms with Crippen molar-refractivity contribution in [3.05, 3.63) is 83.7 Å². The van der Waals surface area contributed by atoms with E-state index < -0.39 is 0 Å². The van der Waals surface area contributed by atoms with E-state index in [2.05, 4.69) is 29.0 Å². The SMILES string of the molecule is COc1ccc(CC(=O)N2CCn3cccc3C2c2ccccc2)cc1OC. The lowest BCUT2D eigenvalue weighted by atomic mass is 9.99. The third kappa shape index (κ3) is 3.36. The fourth-order valence-corrected chi connectivity index (χ4v) is 3.90. The Labute approximate surface area is 165 Å². The normalized spacial score (nSPS) is 15.8. The topological polar surface area (TPSA) is 43.7 Å². The third-order valence-electron chi connectivity index (χ3n) is 5.28. The molecule has 5 nitrogen and oxygen atoms in total. The number of carbonyl (C=O) groups is 1. The molecule has 0 spiro atoms. The highest BCUT2D eigenvalue weighted by Crippen LogP contribution is 2.33. The van der Waals surface area contributed by atoms with Crippen LogP contribution in [0.4, 0.5) is 0 Å². The van der Waals surface area contributed by atoms with Crippen LogP contribution in [0.15, 0.2) is 66.9 Å². The molecular weight excluding hydrogens is 352 g/mol. The van der Waals surface area contributed by atoms with Gasteiger partial charge in [0.2, 0.25) is 5.91 Å². The van der Waals surface area contributed by atoms with E-state index in [1.807, 2.05) is 47.4 Å². The summed E-state index contributed by atoms with van der Waals surface area (Å²) in [6.07, 6.45) is 2.41. The molecule has 0 saturated heterocycles. The van der Waals surface area contributed by atoms with E-state index in [4.69, 9.17) is 9.47 Å². The number of hydrogen-bond acceptors (Lipinski definition) is 3. The van der Waals surface area contributed by atoms with Gasteiger partial charge in [-0.15, -0.1) is 0 Å². The standard InChI is InChI=1S/C23H24N2O3/c1-27-20-11-10-17(15-21(20)28-2)16-22(26)25-14-13-24-12-6-9-19(24)23(25)18-7-4-3-5-8-18/h3-12,15,23H,13-14,16H2,1-2H3. The maximum atomic E-state index is 13.3. The molecule has 1 aromatic heterocycles. The van der Waals surface area contributed by atoms with Crippen LogP contribution in [0.5, 0.6) is 11.5 Å². The predicted molar refractivity (Wildman–Crippen MR) is 108 cm³/mol. The predicted octanol–water partition coefficient (Wildman–Crippen LogP) is 3.68. The number of nitrogens with zero attached hydrogens (tertiary/aromatic N) is 2. The summed E-state index contributed by atoms with van der Waals surface area (Å²) in [6.45, 7) is 1.50. The molecule has 1 atom stereocenters. The Bertz CT molecular complexity index is 965. The Balaban J connectivity index is 1.63. The van der Waals surface area contributed by atoms with E-state index in [-0.39, 0.29) is 11.9 Å². The molecular formula is C23H24N2O3. The van der Waals surface area contributed by atoms with E-state index >= 15 is 0 Å². The molecule has 2 aromatic carbocycles. The van der Waals surface area contributed by atoms with Gasteiger partial charge in [-0.3, -0.25) is 4.79 Å². The van der Waals surface area contributed by atoms with Gasteiger partial charge in [-0.05, 0) is 35.4 Å². The molecule has 1 unspecified atom stereocenters. The number of methoxy groups -OCH3 is 2. The van der Waals surface area contributed by atoms with Gasteiger partial charge in [0.15, 0.2) is 11.5 Å². The Morgan fingerprint density at radius 1 is 0.964 bits per heavy atom. The summed E-state index contributed by atoms with van der Waals surface area (Å²) in [5.41, 5.74) is 3.19. The van der Waals surface area contributed by atoms with Crippen LogP contribution in [0.3, 0.4) is 0 Å². The van der Waals surface area contributed by atoms with E-state index in [0.717, 1.165) is 23.4 Å². The van der Waals surface area contributed by atoms with Crippen LogP contribution in [0.1, 0.15) is 22.9 Å². The lowest BCUT2D eigenvalue weighted by Gasteiger charge is -2.37. The lowest BCUT2D eigenvalue weighted by Crippen LogP contribution is -2.43. The van der Waals surface area contributed by atoms with Crippen molar-refractivity contribution in [3.8, 4) is 11.5 Å². The second-order valence-corrected chi connectivity index (χ2v) is 6.89. The number of rotatable bonds is 5. The van der Waals surface area contributed by atoms with Crippen LogP contribution in [0.25, 0.3) is 0 Å². The maximum Gasteiger partial charge on any atom is 0.227 e. The first-order chi connectivity index (χ1) is 13.7. The van der Waals surface area contributed by atoms with Crippen molar-refractivity contribution >= 4 is 5.91 Å². The number of benzene rings is 2. The van der Waals surface area contributed by atoms with E-state index in [1.54, 1.807) is 14.2 Å². The van der Waals surface area contributed by atoms with Gasteiger partial charge >= 0.3 is 0 Å². The third-order valence-corrected chi connectivity index (χ3v) is 5.28.